The maximum absolute atomic E-state index is 13.5. The van der Waals surface area contributed by atoms with Crippen molar-refractivity contribution in [1.29, 1.82) is 0 Å². The van der Waals surface area contributed by atoms with Gasteiger partial charge in [-0.2, -0.15) is 0 Å². The first kappa shape index (κ1) is 12.6. The molecule has 0 atom stereocenters. The number of benzene rings is 2. The van der Waals surface area contributed by atoms with E-state index in [0.717, 1.165) is 16.7 Å². The van der Waals surface area contributed by atoms with Crippen LogP contribution in [0.1, 0.15) is 5.56 Å². The third-order valence-corrected chi connectivity index (χ3v) is 3.17. The van der Waals surface area contributed by atoms with Gasteiger partial charge in [-0.25, -0.2) is 4.39 Å². The fourth-order valence-corrected chi connectivity index (χ4v) is 2.12. The van der Waals surface area contributed by atoms with E-state index < -0.39 is 0 Å². The second-order valence-electron chi connectivity index (χ2n) is 4.55. The molecule has 0 spiro atoms. The van der Waals surface area contributed by atoms with Crippen LogP contribution in [0.15, 0.2) is 60.8 Å². The summed E-state index contributed by atoms with van der Waals surface area (Å²) in [5.74, 6) is 0.598. The lowest BCUT2D eigenvalue weighted by molar-refractivity contribution is 0.320. The molecule has 1 heterocycles. The van der Waals surface area contributed by atoms with Gasteiger partial charge in [-0.05, 0) is 35.9 Å². The van der Waals surface area contributed by atoms with E-state index in [9.17, 15) is 4.39 Å². The van der Waals surface area contributed by atoms with E-state index in [0.29, 0.717) is 18.6 Å². The van der Waals surface area contributed by atoms with Gasteiger partial charge < -0.3 is 4.74 Å². The number of aromatic nitrogens is 1. The lowest BCUT2D eigenvalue weighted by Gasteiger charge is -2.07. The number of hydrogen-bond acceptors (Lipinski definition) is 2. The number of fused-ring (bicyclic) bond motifs is 1. The molecule has 0 radical (unpaired) electrons. The van der Waals surface area contributed by atoms with E-state index in [1.807, 2.05) is 36.4 Å². The lowest BCUT2D eigenvalue weighted by atomic mass is 10.1. The van der Waals surface area contributed by atoms with Gasteiger partial charge in [-0.1, -0.05) is 24.3 Å². The fourth-order valence-electron chi connectivity index (χ4n) is 2.12. The summed E-state index contributed by atoms with van der Waals surface area (Å²) < 4.78 is 19.1. The van der Waals surface area contributed by atoms with E-state index >= 15 is 0 Å². The summed E-state index contributed by atoms with van der Waals surface area (Å²) >= 11 is 0. The maximum atomic E-state index is 13.5. The van der Waals surface area contributed by atoms with Gasteiger partial charge in [0.1, 0.15) is 11.6 Å². The molecular weight excluding hydrogens is 253 g/mol. The first-order chi connectivity index (χ1) is 9.83. The van der Waals surface area contributed by atoms with Crippen LogP contribution in [0.2, 0.25) is 0 Å². The second-order valence-corrected chi connectivity index (χ2v) is 4.55. The number of hydrogen-bond donors (Lipinski definition) is 0. The van der Waals surface area contributed by atoms with E-state index in [1.165, 1.54) is 6.07 Å². The highest BCUT2D eigenvalue weighted by Gasteiger charge is 2.02. The van der Waals surface area contributed by atoms with Gasteiger partial charge in [0.25, 0.3) is 0 Å². The summed E-state index contributed by atoms with van der Waals surface area (Å²) in [6, 6.07) is 16.4. The van der Waals surface area contributed by atoms with Crippen LogP contribution in [0.5, 0.6) is 5.75 Å². The minimum absolute atomic E-state index is 0.182. The SMILES string of the molecule is Fc1ccccc1CCOc1ccc2ncccc2c1. The molecule has 0 N–H and O–H groups in total. The van der Waals surface area contributed by atoms with Crippen molar-refractivity contribution in [2.24, 2.45) is 0 Å². The normalized spacial score (nSPS) is 10.7. The molecule has 0 saturated heterocycles. The first-order valence-corrected chi connectivity index (χ1v) is 6.54. The maximum Gasteiger partial charge on any atom is 0.126 e. The monoisotopic (exact) mass is 267 g/mol. The molecule has 0 unspecified atom stereocenters. The van der Waals surface area contributed by atoms with Gasteiger partial charge in [-0.15, -0.1) is 0 Å². The second kappa shape index (κ2) is 5.70. The van der Waals surface area contributed by atoms with Crippen LogP contribution >= 0.6 is 0 Å². The Morgan fingerprint density at radius 3 is 2.80 bits per heavy atom. The summed E-state index contributed by atoms with van der Waals surface area (Å²) in [7, 11) is 0. The molecule has 0 amide bonds. The quantitative estimate of drug-likeness (QED) is 0.713. The van der Waals surface area contributed by atoms with Crippen LogP contribution in [0, 0.1) is 5.82 Å². The van der Waals surface area contributed by atoms with Crippen molar-refractivity contribution in [3.63, 3.8) is 0 Å². The largest absolute Gasteiger partial charge is 0.493 e. The minimum Gasteiger partial charge on any atom is -0.493 e. The van der Waals surface area contributed by atoms with E-state index in [4.69, 9.17) is 4.74 Å². The van der Waals surface area contributed by atoms with Gasteiger partial charge in [-0.3, -0.25) is 4.98 Å². The summed E-state index contributed by atoms with van der Waals surface area (Å²) in [4.78, 5) is 4.26. The molecule has 1 aromatic heterocycles. The Balaban J connectivity index is 1.67. The highest BCUT2D eigenvalue weighted by Crippen LogP contribution is 2.19. The van der Waals surface area contributed by atoms with Gasteiger partial charge in [0.15, 0.2) is 0 Å². The minimum atomic E-state index is -0.182. The summed E-state index contributed by atoms with van der Waals surface area (Å²) in [6.45, 7) is 0.451. The molecule has 20 heavy (non-hydrogen) atoms. The molecular formula is C17H14FNO. The lowest BCUT2D eigenvalue weighted by Crippen LogP contribution is -2.02. The van der Waals surface area contributed by atoms with Crippen molar-refractivity contribution in [1.82, 2.24) is 4.98 Å². The van der Waals surface area contributed by atoms with E-state index in [-0.39, 0.29) is 5.82 Å². The van der Waals surface area contributed by atoms with Crippen molar-refractivity contribution >= 4 is 10.9 Å². The average Bonchev–Trinajstić information content (AvgIpc) is 2.49. The molecule has 3 rings (SSSR count). The molecule has 100 valence electrons. The van der Waals surface area contributed by atoms with Gasteiger partial charge in [0.05, 0.1) is 12.1 Å². The molecule has 3 heteroatoms. The Labute approximate surface area is 116 Å². The zero-order valence-electron chi connectivity index (χ0n) is 10.9. The van der Waals surface area contributed by atoms with Crippen LogP contribution in [-0.4, -0.2) is 11.6 Å². The van der Waals surface area contributed by atoms with Crippen LogP contribution < -0.4 is 4.74 Å². The number of nitrogens with zero attached hydrogens (tertiary/aromatic N) is 1. The third-order valence-electron chi connectivity index (χ3n) is 3.17. The molecule has 2 aromatic carbocycles. The van der Waals surface area contributed by atoms with E-state index in [2.05, 4.69) is 4.98 Å². The number of pyridine rings is 1. The predicted molar refractivity (Wildman–Crippen MR) is 77.3 cm³/mol. The van der Waals surface area contributed by atoms with Crippen LogP contribution in [0.3, 0.4) is 0 Å². The molecule has 2 nitrogen and oxygen atoms in total. The molecule has 0 aliphatic heterocycles. The molecule has 0 bridgehead atoms. The summed E-state index contributed by atoms with van der Waals surface area (Å²) in [6.07, 6.45) is 2.32. The fraction of sp³-hybridized carbons (Fsp3) is 0.118. The Hall–Kier alpha value is -2.42. The standard InChI is InChI=1S/C17H14FNO/c18-16-6-2-1-4-13(16)9-11-20-15-7-8-17-14(12-15)5-3-10-19-17/h1-8,10,12H,9,11H2. The smallest absolute Gasteiger partial charge is 0.126 e. The summed E-state index contributed by atoms with van der Waals surface area (Å²) in [5.41, 5.74) is 1.61. The zero-order chi connectivity index (χ0) is 13.8. The van der Waals surface area contributed by atoms with Crippen molar-refractivity contribution in [3.8, 4) is 5.75 Å². The van der Waals surface area contributed by atoms with Crippen molar-refractivity contribution in [2.45, 2.75) is 6.42 Å². The molecule has 0 saturated carbocycles. The van der Waals surface area contributed by atoms with Crippen LogP contribution in [-0.2, 0) is 6.42 Å². The van der Waals surface area contributed by atoms with Gasteiger partial charge >= 0.3 is 0 Å². The molecule has 0 fully saturated rings. The van der Waals surface area contributed by atoms with Crippen LogP contribution in [0.4, 0.5) is 4.39 Å². The number of halogens is 1. The Morgan fingerprint density at radius 2 is 1.90 bits per heavy atom. The number of ether oxygens (including phenoxy) is 1. The van der Waals surface area contributed by atoms with Crippen molar-refractivity contribution < 1.29 is 9.13 Å². The third kappa shape index (κ3) is 2.77. The topological polar surface area (TPSA) is 22.1 Å². The number of rotatable bonds is 4. The van der Waals surface area contributed by atoms with Gasteiger partial charge in [0, 0.05) is 18.0 Å². The molecule has 0 aliphatic carbocycles. The Morgan fingerprint density at radius 1 is 1.00 bits per heavy atom. The van der Waals surface area contributed by atoms with Gasteiger partial charge in [0.2, 0.25) is 0 Å². The Bertz CT molecular complexity index is 727. The van der Waals surface area contributed by atoms with Crippen molar-refractivity contribution in [3.05, 3.63) is 72.2 Å². The first-order valence-electron chi connectivity index (χ1n) is 6.54. The predicted octanol–water partition coefficient (Wildman–Crippen LogP) is 4.00. The van der Waals surface area contributed by atoms with Crippen molar-refractivity contribution in [2.75, 3.05) is 6.61 Å². The average molecular weight is 267 g/mol. The Kier molecular flexibility index (Phi) is 3.59. The molecule has 3 aromatic rings. The van der Waals surface area contributed by atoms with Crippen LogP contribution in [0.25, 0.3) is 10.9 Å². The van der Waals surface area contributed by atoms with E-state index in [1.54, 1.807) is 18.3 Å². The molecule has 0 aliphatic rings. The highest BCUT2D eigenvalue weighted by molar-refractivity contribution is 5.79. The highest BCUT2D eigenvalue weighted by atomic mass is 19.1. The summed E-state index contributed by atoms with van der Waals surface area (Å²) in [5, 5.41) is 1.04. The zero-order valence-corrected chi connectivity index (χ0v) is 10.9.